The van der Waals surface area contributed by atoms with E-state index in [2.05, 4.69) is 23.2 Å². The maximum absolute atomic E-state index is 5.58. The minimum Gasteiger partial charge on any atom is -0.419 e. The number of hydrogen-bond donors (Lipinski definition) is 0. The van der Waals surface area contributed by atoms with Crippen molar-refractivity contribution >= 4 is 22.9 Å². The Balaban J connectivity index is 2.38. The first-order valence-electron chi connectivity index (χ1n) is 4.30. The number of thiophene rings is 1. The van der Waals surface area contributed by atoms with E-state index < -0.39 is 0 Å². The molecule has 0 aliphatic rings. The van der Waals surface area contributed by atoms with Gasteiger partial charge in [0.25, 0.3) is 5.89 Å². The van der Waals surface area contributed by atoms with Gasteiger partial charge in [-0.15, -0.1) is 33.1 Å². The predicted molar refractivity (Wildman–Crippen MR) is 56.5 cm³/mol. The van der Waals surface area contributed by atoms with Crippen LogP contribution in [0.5, 0.6) is 0 Å². The van der Waals surface area contributed by atoms with E-state index >= 15 is 0 Å². The Bertz CT molecular complexity index is 424. The van der Waals surface area contributed by atoms with Crippen LogP contribution >= 0.6 is 22.9 Å². The number of rotatable bonds is 3. The molecule has 0 aliphatic heterocycles. The van der Waals surface area contributed by atoms with Gasteiger partial charge in [-0.3, -0.25) is 0 Å². The van der Waals surface area contributed by atoms with Gasteiger partial charge in [-0.1, -0.05) is 6.92 Å². The van der Waals surface area contributed by atoms with Gasteiger partial charge < -0.3 is 4.42 Å². The smallest absolute Gasteiger partial charge is 0.258 e. The van der Waals surface area contributed by atoms with Crippen molar-refractivity contribution in [3.63, 3.8) is 0 Å². The average molecular weight is 229 g/mol. The van der Waals surface area contributed by atoms with E-state index in [0.717, 1.165) is 11.3 Å². The molecule has 2 aromatic heterocycles. The van der Waals surface area contributed by atoms with E-state index in [-0.39, 0.29) is 5.88 Å². The zero-order valence-electron chi connectivity index (χ0n) is 7.66. The monoisotopic (exact) mass is 228 g/mol. The molecule has 0 unspecified atom stereocenters. The van der Waals surface area contributed by atoms with Gasteiger partial charge in [0.05, 0.1) is 4.88 Å². The van der Waals surface area contributed by atoms with Crippen molar-refractivity contribution in [3.8, 4) is 10.8 Å². The summed E-state index contributed by atoms with van der Waals surface area (Å²) in [4.78, 5) is 1.05. The molecule has 2 rings (SSSR count). The van der Waals surface area contributed by atoms with E-state index in [1.807, 2.05) is 5.38 Å². The third-order valence-electron chi connectivity index (χ3n) is 1.90. The highest BCUT2D eigenvalue weighted by Crippen LogP contribution is 2.28. The van der Waals surface area contributed by atoms with Gasteiger partial charge in [-0.25, -0.2) is 0 Å². The summed E-state index contributed by atoms with van der Waals surface area (Å²) in [6, 6.07) is 2.07. The molecule has 2 heterocycles. The van der Waals surface area contributed by atoms with Crippen molar-refractivity contribution in [2.45, 2.75) is 19.2 Å². The fraction of sp³-hybridized carbons (Fsp3) is 0.333. The molecule has 0 atom stereocenters. The molecule has 0 aliphatic carbocycles. The van der Waals surface area contributed by atoms with Crippen LogP contribution in [0.1, 0.15) is 18.4 Å². The highest BCUT2D eigenvalue weighted by atomic mass is 35.5. The summed E-state index contributed by atoms with van der Waals surface area (Å²) in [5, 5.41) is 9.80. The standard InChI is InChI=1S/C9H9ClN2OS/c1-2-6-3-4-14-8(6)9-12-11-7(5-10)13-9/h3-4H,2,5H2,1H3. The topological polar surface area (TPSA) is 38.9 Å². The molecule has 0 spiro atoms. The zero-order valence-corrected chi connectivity index (χ0v) is 9.23. The van der Waals surface area contributed by atoms with Gasteiger partial charge in [0.15, 0.2) is 0 Å². The molecule has 0 saturated heterocycles. The van der Waals surface area contributed by atoms with Gasteiger partial charge in [-0.2, -0.15) is 0 Å². The molecule has 0 amide bonds. The number of nitrogens with zero attached hydrogens (tertiary/aromatic N) is 2. The number of halogens is 1. The molecular formula is C9H9ClN2OS. The predicted octanol–water partition coefficient (Wildman–Crippen LogP) is 3.10. The molecule has 14 heavy (non-hydrogen) atoms. The molecule has 0 radical (unpaired) electrons. The molecule has 0 fully saturated rings. The highest BCUT2D eigenvalue weighted by Gasteiger charge is 2.12. The van der Waals surface area contributed by atoms with E-state index in [1.165, 1.54) is 5.56 Å². The summed E-state index contributed by atoms with van der Waals surface area (Å²) < 4.78 is 5.38. The molecule has 0 N–H and O–H groups in total. The molecule has 2 aromatic rings. The van der Waals surface area contributed by atoms with Crippen LogP contribution in [-0.2, 0) is 12.3 Å². The first-order chi connectivity index (χ1) is 6.85. The summed E-state index contributed by atoms with van der Waals surface area (Å²) in [5.74, 6) is 1.31. The van der Waals surface area contributed by atoms with Crippen molar-refractivity contribution < 1.29 is 4.42 Å². The Morgan fingerprint density at radius 1 is 1.50 bits per heavy atom. The van der Waals surface area contributed by atoms with E-state index in [0.29, 0.717) is 11.8 Å². The van der Waals surface area contributed by atoms with Gasteiger partial charge >= 0.3 is 0 Å². The van der Waals surface area contributed by atoms with Crippen molar-refractivity contribution in [3.05, 3.63) is 22.9 Å². The van der Waals surface area contributed by atoms with Crippen LogP contribution in [0.15, 0.2) is 15.9 Å². The molecule has 0 bridgehead atoms. The number of aryl methyl sites for hydroxylation is 1. The largest absolute Gasteiger partial charge is 0.419 e. The second kappa shape index (κ2) is 4.11. The lowest BCUT2D eigenvalue weighted by Gasteiger charge is -1.93. The minimum atomic E-state index is 0.264. The van der Waals surface area contributed by atoms with Crippen molar-refractivity contribution in [1.82, 2.24) is 10.2 Å². The lowest BCUT2D eigenvalue weighted by atomic mass is 10.2. The van der Waals surface area contributed by atoms with Crippen LogP contribution in [0.4, 0.5) is 0 Å². The van der Waals surface area contributed by atoms with Crippen LogP contribution in [0.3, 0.4) is 0 Å². The maximum atomic E-state index is 5.58. The fourth-order valence-corrected chi connectivity index (χ4v) is 2.22. The first kappa shape index (κ1) is 9.68. The van der Waals surface area contributed by atoms with E-state index in [9.17, 15) is 0 Å². The van der Waals surface area contributed by atoms with E-state index in [1.54, 1.807) is 11.3 Å². The molecule has 74 valence electrons. The zero-order chi connectivity index (χ0) is 9.97. The van der Waals surface area contributed by atoms with Gasteiger partial charge in [0.1, 0.15) is 5.88 Å². The third kappa shape index (κ3) is 1.67. The quantitative estimate of drug-likeness (QED) is 0.758. The molecule has 3 nitrogen and oxygen atoms in total. The molecule has 0 aromatic carbocycles. The second-order valence-electron chi connectivity index (χ2n) is 2.76. The molecular weight excluding hydrogens is 220 g/mol. The summed E-state index contributed by atoms with van der Waals surface area (Å²) in [6.07, 6.45) is 0.970. The Morgan fingerprint density at radius 2 is 2.36 bits per heavy atom. The fourth-order valence-electron chi connectivity index (χ4n) is 1.20. The van der Waals surface area contributed by atoms with Crippen LogP contribution in [-0.4, -0.2) is 10.2 Å². The Morgan fingerprint density at radius 3 is 3.00 bits per heavy atom. The average Bonchev–Trinajstić information content (AvgIpc) is 2.85. The Hall–Kier alpha value is -0.870. The number of hydrogen-bond acceptors (Lipinski definition) is 4. The maximum Gasteiger partial charge on any atom is 0.258 e. The van der Waals surface area contributed by atoms with Crippen LogP contribution < -0.4 is 0 Å². The van der Waals surface area contributed by atoms with E-state index in [4.69, 9.17) is 16.0 Å². The van der Waals surface area contributed by atoms with Crippen molar-refractivity contribution in [2.24, 2.45) is 0 Å². The Labute approximate surface area is 90.7 Å². The van der Waals surface area contributed by atoms with Crippen LogP contribution in [0.25, 0.3) is 10.8 Å². The van der Waals surface area contributed by atoms with Crippen LogP contribution in [0.2, 0.25) is 0 Å². The summed E-state index contributed by atoms with van der Waals surface area (Å²) >= 11 is 7.19. The van der Waals surface area contributed by atoms with Crippen molar-refractivity contribution in [1.29, 1.82) is 0 Å². The molecule has 0 saturated carbocycles. The third-order valence-corrected chi connectivity index (χ3v) is 3.08. The van der Waals surface area contributed by atoms with Crippen molar-refractivity contribution in [2.75, 3.05) is 0 Å². The summed E-state index contributed by atoms with van der Waals surface area (Å²) in [5.41, 5.74) is 1.24. The van der Waals surface area contributed by atoms with Gasteiger partial charge in [-0.05, 0) is 23.4 Å². The highest BCUT2D eigenvalue weighted by molar-refractivity contribution is 7.13. The Kier molecular flexibility index (Phi) is 2.84. The first-order valence-corrected chi connectivity index (χ1v) is 5.71. The van der Waals surface area contributed by atoms with Gasteiger partial charge in [0.2, 0.25) is 5.89 Å². The summed E-state index contributed by atoms with van der Waals surface area (Å²) in [7, 11) is 0. The number of alkyl halides is 1. The SMILES string of the molecule is CCc1ccsc1-c1nnc(CCl)o1. The second-order valence-corrected chi connectivity index (χ2v) is 3.95. The van der Waals surface area contributed by atoms with Gasteiger partial charge in [0, 0.05) is 0 Å². The number of aromatic nitrogens is 2. The lowest BCUT2D eigenvalue weighted by Crippen LogP contribution is -1.80. The van der Waals surface area contributed by atoms with Crippen LogP contribution in [0, 0.1) is 0 Å². The minimum absolute atomic E-state index is 0.264. The normalized spacial score (nSPS) is 10.7. The molecule has 5 heteroatoms. The summed E-state index contributed by atoms with van der Waals surface area (Å²) in [6.45, 7) is 2.10. The lowest BCUT2D eigenvalue weighted by molar-refractivity contribution is 0.528.